The standard InChI is InChI=1S/C18H18ClN3O4.C8H11NO2.C6H6ClN.C4H4O2.2CH4/c1-12(24)17(22-21-16-5-3-2-4-15(16)19)18(25)20-13-6-8-14(9-7-13)26-11-10-23;9-7-1-3-8(4-2-7)11-6-5-10;7-5-3-1-2-4-6(5)8;1-3-2-4(5)6-3;;/h2-9,23-24H,10-11H2,1H3,(H,20,25);1-4,10H,5-6,9H2;1-4H,8H2;1-2H2;2*1H4. The van der Waals surface area contributed by atoms with Crippen LogP contribution in [0.25, 0.3) is 0 Å². The number of rotatable bonds is 10. The number of aliphatic hydroxyl groups is 3. The van der Waals surface area contributed by atoms with Gasteiger partial charge in [-0.15, -0.1) is 10.2 Å². The van der Waals surface area contributed by atoms with E-state index in [2.05, 4.69) is 26.9 Å². The van der Waals surface area contributed by atoms with Crippen molar-refractivity contribution in [3.05, 3.63) is 131 Å². The second kappa shape index (κ2) is 26.2. The van der Waals surface area contributed by atoms with Crippen LogP contribution in [0.4, 0.5) is 22.7 Å². The van der Waals surface area contributed by atoms with E-state index >= 15 is 0 Å². The summed E-state index contributed by atoms with van der Waals surface area (Å²) in [6, 6.07) is 27.6. The molecular weight excluding hydrogens is 725 g/mol. The number of azo groups is 1. The van der Waals surface area contributed by atoms with E-state index in [0.717, 1.165) is 5.75 Å². The van der Waals surface area contributed by atoms with E-state index in [0.29, 0.717) is 57.3 Å². The number of amides is 1. The van der Waals surface area contributed by atoms with Gasteiger partial charge in [-0.05, 0) is 79.7 Å². The average Bonchev–Trinajstić information content (AvgIpc) is 3.10. The maximum absolute atomic E-state index is 12.3. The van der Waals surface area contributed by atoms with Crippen molar-refractivity contribution in [2.24, 2.45) is 10.2 Å². The van der Waals surface area contributed by atoms with Crippen LogP contribution in [0.5, 0.6) is 11.5 Å². The van der Waals surface area contributed by atoms with Gasteiger partial charge in [0.15, 0.2) is 5.70 Å². The third-order valence-electron chi connectivity index (χ3n) is 5.89. The van der Waals surface area contributed by atoms with Crippen molar-refractivity contribution in [2.75, 3.05) is 43.2 Å². The quantitative estimate of drug-likeness (QED) is 0.0297. The van der Waals surface area contributed by atoms with Crippen LogP contribution in [-0.2, 0) is 14.3 Å². The largest absolute Gasteiger partial charge is 0.510 e. The highest BCUT2D eigenvalue weighted by Crippen LogP contribution is 2.25. The van der Waals surface area contributed by atoms with Gasteiger partial charge in [-0.25, -0.2) is 0 Å². The molecule has 15 heteroatoms. The third kappa shape index (κ3) is 19.0. The van der Waals surface area contributed by atoms with Crippen LogP contribution < -0.4 is 26.3 Å². The molecule has 1 saturated heterocycles. The number of aliphatic hydroxyl groups excluding tert-OH is 3. The summed E-state index contributed by atoms with van der Waals surface area (Å²) in [5.74, 6) is 0.809. The fourth-order valence-corrected chi connectivity index (χ4v) is 3.73. The van der Waals surface area contributed by atoms with Crippen molar-refractivity contribution in [2.45, 2.75) is 28.2 Å². The van der Waals surface area contributed by atoms with Gasteiger partial charge in [0.1, 0.15) is 48.3 Å². The molecule has 0 bridgehead atoms. The molecule has 1 fully saturated rings. The molecule has 1 aliphatic heterocycles. The Morgan fingerprint density at radius 3 is 1.74 bits per heavy atom. The van der Waals surface area contributed by atoms with Gasteiger partial charge in [0.2, 0.25) is 0 Å². The fraction of sp³-hybridized carbons (Fsp3) is 0.211. The minimum absolute atomic E-state index is 0. The number of hydrogen-bond donors (Lipinski definition) is 6. The summed E-state index contributed by atoms with van der Waals surface area (Å²) in [6.45, 7) is 5.16. The fourth-order valence-electron chi connectivity index (χ4n) is 3.42. The number of allylic oxidation sites excluding steroid dienone is 1. The number of nitrogens with zero attached hydrogens (tertiary/aromatic N) is 2. The number of nitrogens with one attached hydrogen (secondary N) is 1. The monoisotopic (exact) mass is 771 g/mol. The summed E-state index contributed by atoms with van der Waals surface area (Å²) < 4.78 is 14.7. The van der Waals surface area contributed by atoms with Crippen molar-refractivity contribution in [3.63, 3.8) is 0 Å². The Labute approximate surface area is 320 Å². The first kappa shape index (κ1) is 47.4. The van der Waals surface area contributed by atoms with Gasteiger partial charge >= 0.3 is 5.97 Å². The first-order valence-electron chi connectivity index (χ1n) is 15.1. The number of hydrogen-bond acceptors (Lipinski definition) is 12. The zero-order valence-corrected chi connectivity index (χ0v) is 29.2. The summed E-state index contributed by atoms with van der Waals surface area (Å²) in [4.78, 5) is 22.2. The van der Waals surface area contributed by atoms with Gasteiger partial charge in [-0.3, -0.25) is 9.59 Å². The number of carbonyl (C=O) groups is 2. The van der Waals surface area contributed by atoms with Gasteiger partial charge in [0.05, 0.1) is 28.9 Å². The van der Waals surface area contributed by atoms with Crippen molar-refractivity contribution in [1.29, 1.82) is 0 Å². The highest BCUT2D eigenvalue weighted by molar-refractivity contribution is 6.33. The maximum Gasteiger partial charge on any atom is 0.318 e. The highest BCUT2D eigenvalue weighted by Gasteiger charge is 2.18. The number of ether oxygens (including phenoxy) is 3. The summed E-state index contributed by atoms with van der Waals surface area (Å²) in [5.41, 5.74) is 12.8. The Kier molecular flexibility index (Phi) is 23.4. The molecule has 0 aromatic heterocycles. The first-order valence-corrected chi connectivity index (χ1v) is 15.9. The van der Waals surface area contributed by atoms with Crippen LogP contribution >= 0.6 is 23.2 Å². The molecule has 286 valence electrons. The molecule has 53 heavy (non-hydrogen) atoms. The van der Waals surface area contributed by atoms with Crippen molar-refractivity contribution < 1.29 is 39.1 Å². The number of para-hydroxylation sites is 1. The van der Waals surface area contributed by atoms with E-state index in [1.807, 2.05) is 12.1 Å². The van der Waals surface area contributed by atoms with Crippen LogP contribution in [0.15, 0.2) is 131 Å². The number of nitrogens with two attached hydrogens (primary N) is 2. The van der Waals surface area contributed by atoms with Crippen LogP contribution in [0.2, 0.25) is 10.0 Å². The Morgan fingerprint density at radius 2 is 1.34 bits per heavy atom. The lowest BCUT2D eigenvalue weighted by atomic mass is 10.3. The van der Waals surface area contributed by atoms with Gasteiger partial charge in [0.25, 0.3) is 5.91 Å². The smallest absolute Gasteiger partial charge is 0.318 e. The van der Waals surface area contributed by atoms with Gasteiger partial charge in [-0.2, -0.15) is 0 Å². The second-order valence-electron chi connectivity index (χ2n) is 9.99. The molecule has 4 aromatic carbocycles. The normalized spacial score (nSPS) is 11.4. The lowest BCUT2D eigenvalue weighted by Crippen LogP contribution is -2.15. The Balaban J connectivity index is 0.000000815. The molecule has 0 saturated carbocycles. The third-order valence-corrected chi connectivity index (χ3v) is 6.55. The molecule has 0 radical (unpaired) electrons. The molecule has 0 spiro atoms. The molecule has 0 unspecified atom stereocenters. The molecule has 0 aliphatic carbocycles. The Hall–Kier alpha value is -5.60. The van der Waals surface area contributed by atoms with E-state index < -0.39 is 5.91 Å². The Morgan fingerprint density at radius 1 is 0.849 bits per heavy atom. The predicted octanol–water partition coefficient (Wildman–Crippen LogP) is 8.50. The SMILES string of the molecule is C.C.C=C1CC(=O)O1.CC(O)=C(N=Nc1ccccc1Cl)C(=O)Nc1ccc(OCCO)cc1.Nc1ccc(OCCO)cc1.Nc1ccccc1Cl. The molecular formula is C38H47Cl2N5O8. The number of nitrogen functional groups attached to an aromatic ring is 2. The molecule has 1 heterocycles. The van der Waals surface area contributed by atoms with Crippen molar-refractivity contribution in [1.82, 2.24) is 0 Å². The van der Waals surface area contributed by atoms with E-state index in [1.165, 1.54) is 6.92 Å². The van der Waals surface area contributed by atoms with Gasteiger partial charge in [0, 0.05) is 11.4 Å². The summed E-state index contributed by atoms with van der Waals surface area (Å²) in [7, 11) is 0. The van der Waals surface area contributed by atoms with Gasteiger partial charge in [-0.1, -0.05) is 68.9 Å². The number of benzene rings is 4. The lowest BCUT2D eigenvalue weighted by Gasteiger charge is -2.12. The number of carbonyl (C=O) groups excluding carboxylic acids is 2. The molecule has 1 aliphatic rings. The zero-order chi connectivity index (χ0) is 37.6. The van der Waals surface area contributed by atoms with Crippen LogP contribution in [0.3, 0.4) is 0 Å². The lowest BCUT2D eigenvalue weighted by molar-refractivity contribution is -0.148. The molecule has 13 nitrogen and oxygen atoms in total. The summed E-state index contributed by atoms with van der Waals surface area (Å²) in [6.07, 6.45) is 0.417. The molecule has 5 rings (SSSR count). The second-order valence-corrected chi connectivity index (χ2v) is 10.8. The van der Waals surface area contributed by atoms with E-state index in [9.17, 15) is 14.7 Å². The Bertz CT molecular complexity index is 1720. The minimum atomic E-state index is -0.621. The summed E-state index contributed by atoms with van der Waals surface area (Å²) in [5, 5.41) is 38.2. The number of cyclic esters (lactones) is 1. The number of anilines is 3. The summed E-state index contributed by atoms with van der Waals surface area (Å²) >= 11 is 11.6. The topological polar surface area (TPSA) is 211 Å². The van der Waals surface area contributed by atoms with E-state index in [4.69, 9.17) is 54.4 Å². The van der Waals surface area contributed by atoms with Crippen LogP contribution in [0.1, 0.15) is 28.2 Å². The predicted molar refractivity (Wildman–Crippen MR) is 212 cm³/mol. The van der Waals surface area contributed by atoms with Crippen molar-refractivity contribution in [3.8, 4) is 11.5 Å². The molecule has 1 amide bonds. The zero-order valence-electron chi connectivity index (χ0n) is 27.7. The molecule has 8 N–H and O–H groups in total. The molecule has 4 aromatic rings. The maximum atomic E-state index is 12.3. The van der Waals surface area contributed by atoms with Crippen LogP contribution in [0, 0.1) is 0 Å². The average molecular weight is 773 g/mol. The molecule has 0 atom stereocenters. The number of halogens is 2. The minimum Gasteiger partial charge on any atom is -0.510 e. The van der Waals surface area contributed by atoms with E-state index in [-0.39, 0.29) is 52.1 Å². The number of esters is 1. The van der Waals surface area contributed by atoms with Crippen LogP contribution in [-0.4, -0.2) is 53.6 Å². The highest BCUT2D eigenvalue weighted by atomic mass is 35.5. The first-order chi connectivity index (χ1) is 24.4. The van der Waals surface area contributed by atoms with Gasteiger partial charge < -0.3 is 46.3 Å². The van der Waals surface area contributed by atoms with Crippen molar-refractivity contribution >= 4 is 57.8 Å². The van der Waals surface area contributed by atoms with E-state index in [1.54, 1.807) is 84.9 Å².